The highest BCUT2D eigenvalue weighted by Gasteiger charge is 2.17. The standard InChI is InChI=1S/C13H14FNS/c1-13(2,3)11-8-15-12(16-11)9-5-4-6-10(14)7-9/h4-8H,1-3H3. The predicted molar refractivity (Wildman–Crippen MR) is 66.2 cm³/mol. The maximum Gasteiger partial charge on any atom is 0.123 e. The number of thiazole rings is 1. The zero-order valence-electron chi connectivity index (χ0n) is 9.62. The summed E-state index contributed by atoms with van der Waals surface area (Å²) in [4.78, 5) is 5.56. The molecule has 0 atom stereocenters. The van der Waals surface area contributed by atoms with E-state index in [9.17, 15) is 4.39 Å². The van der Waals surface area contributed by atoms with Crippen molar-refractivity contribution in [3.63, 3.8) is 0 Å². The Morgan fingerprint density at radius 1 is 1.25 bits per heavy atom. The van der Waals surface area contributed by atoms with Crippen LogP contribution in [0.4, 0.5) is 4.39 Å². The monoisotopic (exact) mass is 235 g/mol. The van der Waals surface area contributed by atoms with Crippen molar-refractivity contribution in [3.05, 3.63) is 41.2 Å². The number of benzene rings is 1. The zero-order valence-corrected chi connectivity index (χ0v) is 10.4. The van der Waals surface area contributed by atoms with Gasteiger partial charge >= 0.3 is 0 Å². The topological polar surface area (TPSA) is 12.9 Å². The zero-order chi connectivity index (χ0) is 11.8. The van der Waals surface area contributed by atoms with Gasteiger partial charge in [-0.2, -0.15) is 0 Å². The average molecular weight is 235 g/mol. The number of nitrogens with zero attached hydrogens (tertiary/aromatic N) is 1. The van der Waals surface area contributed by atoms with Crippen molar-refractivity contribution in [1.29, 1.82) is 0 Å². The molecule has 0 bridgehead atoms. The third-order valence-electron chi connectivity index (χ3n) is 2.32. The second kappa shape index (κ2) is 3.98. The van der Waals surface area contributed by atoms with E-state index >= 15 is 0 Å². The lowest BCUT2D eigenvalue weighted by atomic mass is 9.96. The summed E-state index contributed by atoms with van der Waals surface area (Å²) >= 11 is 1.62. The van der Waals surface area contributed by atoms with E-state index in [0.717, 1.165) is 10.6 Å². The lowest BCUT2D eigenvalue weighted by Crippen LogP contribution is -2.07. The SMILES string of the molecule is CC(C)(C)c1cnc(-c2cccc(F)c2)s1. The number of rotatable bonds is 1. The molecule has 1 nitrogen and oxygen atoms in total. The van der Waals surface area contributed by atoms with Gasteiger partial charge < -0.3 is 0 Å². The van der Waals surface area contributed by atoms with Crippen molar-refractivity contribution in [2.45, 2.75) is 26.2 Å². The van der Waals surface area contributed by atoms with E-state index in [1.807, 2.05) is 12.3 Å². The minimum atomic E-state index is -0.218. The van der Waals surface area contributed by atoms with Crippen LogP contribution in [0.15, 0.2) is 30.5 Å². The molecular weight excluding hydrogens is 221 g/mol. The highest BCUT2D eigenvalue weighted by molar-refractivity contribution is 7.15. The van der Waals surface area contributed by atoms with E-state index in [0.29, 0.717) is 0 Å². The Labute approximate surface area is 99.0 Å². The van der Waals surface area contributed by atoms with Gasteiger partial charge in [0.05, 0.1) is 0 Å². The van der Waals surface area contributed by atoms with Crippen LogP contribution in [0.1, 0.15) is 25.6 Å². The van der Waals surface area contributed by atoms with Gasteiger partial charge in [0.2, 0.25) is 0 Å². The van der Waals surface area contributed by atoms with Gasteiger partial charge in [0, 0.05) is 16.6 Å². The van der Waals surface area contributed by atoms with Crippen LogP contribution in [0, 0.1) is 5.82 Å². The van der Waals surface area contributed by atoms with Gasteiger partial charge in [0.15, 0.2) is 0 Å². The third kappa shape index (κ3) is 2.30. The molecule has 2 rings (SSSR count). The highest BCUT2D eigenvalue weighted by Crippen LogP contribution is 2.32. The molecule has 1 aromatic carbocycles. The van der Waals surface area contributed by atoms with E-state index in [4.69, 9.17) is 0 Å². The molecule has 0 saturated heterocycles. The molecule has 0 fully saturated rings. The van der Waals surface area contributed by atoms with E-state index in [1.54, 1.807) is 17.4 Å². The Morgan fingerprint density at radius 3 is 2.56 bits per heavy atom. The quantitative estimate of drug-likeness (QED) is 0.720. The molecule has 0 amide bonds. The molecule has 0 radical (unpaired) electrons. The average Bonchev–Trinajstić information content (AvgIpc) is 2.65. The fourth-order valence-corrected chi connectivity index (χ4v) is 2.35. The molecule has 1 heterocycles. The third-order valence-corrected chi connectivity index (χ3v) is 3.79. The van der Waals surface area contributed by atoms with E-state index in [-0.39, 0.29) is 11.2 Å². The summed E-state index contributed by atoms with van der Waals surface area (Å²) in [6.45, 7) is 6.45. The molecule has 0 spiro atoms. The van der Waals surface area contributed by atoms with E-state index in [1.165, 1.54) is 17.0 Å². The van der Waals surface area contributed by atoms with Crippen LogP contribution in [-0.4, -0.2) is 4.98 Å². The summed E-state index contributed by atoms with van der Waals surface area (Å²) in [5.41, 5.74) is 0.948. The minimum Gasteiger partial charge on any atom is -0.244 e. The van der Waals surface area contributed by atoms with Gasteiger partial charge in [-0.1, -0.05) is 32.9 Å². The van der Waals surface area contributed by atoms with Crippen LogP contribution >= 0.6 is 11.3 Å². The van der Waals surface area contributed by atoms with Crippen LogP contribution in [0.2, 0.25) is 0 Å². The number of hydrogen-bond acceptors (Lipinski definition) is 2. The second-order valence-electron chi connectivity index (χ2n) is 4.79. The molecule has 2 aromatic rings. The molecule has 16 heavy (non-hydrogen) atoms. The molecule has 0 saturated carbocycles. The lowest BCUT2D eigenvalue weighted by Gasteiger charge is -2.14. The van der Waals surface area contributed by atoms with Crippen molar-refractivity contribution >= 4 is 11.3 Å². The maximum atomic E-state index is 13.1. The van der Waals surface area contributed by atoms with Crippen molar-refractivity contribution in [2.75, 3.05) is 0 Å². The summed E-state index contributed by atoms with van der Waals surface area (Å²) in [5.74, 6) is -0.218. The van der Waals surface area contributed by atoms with Crippen molar-refractivity contribution < 1.29 is 4.39 Å². The Hall–Kier alpha value is -1.22. The molecule has 3 heteroatoms. The van der Waals surface area contributed by atoms with E-state index in [2.05, 4.69) is 25.8 Å². The van der Waals surface area contributed by atoms with Crippen molar-refractivity contribution in [1.82, 2.24) is 4.98 Å². The van der Waals surface area contributed by atoms with Crippen LogP contribution < -0.4 is 0 Å². The van der Waals surface area contributed by atoms with Gasteiger partial charge in [0.1, 0.15) is 10.8 Å². The summed E-state index contributed by atoms with van der Waals surface area (Å²) < 4.78 is 13.1. The van der Waals surface area contributed by atoms with Crippen LogP contribution in [-0.2, 0) is 5.41 Å². The largest absolute Gasteiger partial charge is 0.244 e. The van der Waals surface area contributed by atoms with Gasteiger partial charge in [-0.05, 0) is 17.5 Å². The first-order valence-corrected chi connectivity index (χ1v) is 6.01. The summed E-state index contributed by atoms with van der Waals surface area (Å²) in [7, 11) is 0. The highest BCUT2D eigenvalue weighted by atomic mass is 32.1. The Bertz CT molecular complexity index is 497. The van der Waals surface area contributed by atoms with Crippen molar-refractivity contribution in [2.24, 2.45) is 0 Å². The molecule has 0 N–H and O–H groups in total. The summed E-state index contributed by atoms with van der Waals surface area (Å²) in [5, 5.41) is 0.879. The molecule has 0 aliphatic rings. The van der Waals surface area contributed by atoms with Crippen LogP contribution in [0.3, 0.4) is 0 Å². The minimum absolute atomic E-state index is 0.100. The van der Waals surface area contributed by atoms with Crippen molar-refractivity contribution in [3.8, 4) is 10.6 Å². The smallest absolute Gasteiger partial charge is 0.123 e. The fraction of sp³-hybridized carbons (Fsp3) is 0.308. The maximum absolute atomic E-state index is 13.1. The van der Waals surface area contributed by atoms with Gasteiger partial charge in [-0.15, -0.1) is 11.3 Å². The molecule has 84 valence electrons. The van der Waals surface area contributed by atoms with Gasteiger partial charge in [-0.3, -0.25) is 0 Å². The van der Waals surface area contributed by atoms with Crippen LogP contribution in [0.25, 0.3) is 10.6 Å². The molecular formula is C13H14FNS. The fourth-order valence-electron chi connectivity index (χ4n) is 1.38. The number of aromatic nitrogens is 1. The second-order valence-corrected chi connectivity index (χ2v) is 5.82. The molecule has 0 unspecified atom stereocenters. The summed E-state index contributed by atoms with van der Waals surface area (Å²) in [6.07, 6.45) is 1.88. The van der Waals surface area contributed by atoms with E-state index < -0.39 is 0 Å². The lowest BCUT2D eigenvalue weighted by molar-refractivity contribution is 0.602. The Kier molecular flexibility index (Phi) is 2.80. The Balaban J connectivity index is 2.39. The van der Waals surface area contributed by atoms with Crippen LogP contribution in [0.5, 0.6) is 0 Å². The first kappa shape index (κ1) is 11.3. The van der Waals surface area contributed by atoms with Gasteiger partial charge in [-0.25, -0.2) is 9.37 Å². The first-order chi connectivity index (χ1) is 7.47. The predicted octanol–water partition coefficient (Wildman–Crippen LogP) is 4.25. The number of halogens is 1. The Morgan fingerprint density at radius 2 is 2.00 bits per heavy atom. The molecule has 0 aliphatic carbocycles. The first-order valence-electron chi connectivity index (χ1n) is 5.19. The van der Waals surface area contributed by atoms with Gasteiger partial charge in [0.25, 0.3) is 0 Å². The molecule has 1 aromatic heterocycles. The normalized spacial score (nSPS) is 11.8. The number of hydrogen-bond donors (Lipinski definition) is 0. The molecule has 0 aliphatic heterocycles. The summed E-state index contributed by atoms with van der Waals surface area (Å²) in [6, 6.07) is 6.56.